The molecule has 4 aromatic rings. The molecule has 3 aromatic carbocycles. The third-order valence-electron chi connectivity index (χ3n) is 5.35. The molecular weight excluding hydrogens is 364 g/mol. The lowest BCUT2D eigenvalue weighted by atomic mass is 9.84. The van der Waals surface area contributed by atoms with E-state index in [4.69, 9.17) is 0 Å². The summed E-state index contributed by atoms with van der Waals surface area (Å²) in [6, 6.07) is 24.5. The number of aliphatic hydroxyl groups is 3. The third-order valence-corrected chi connectivity index (χ3v) is 5.35. The van der Waals surface area contributed by atoms with Crippen LogP contribution in [0.5, 0.6) is 0 Å². The van der Waals surface area contributed by atoms with Gasteiger partial charge in [-0.3, -0.25) is 0 Å². The fraction of sp³-hybridized carbons (Fsp3) is 0.208. The van der Waals surface area contributed by atoms with Gasteiger partial charge in [0.2, 0.25) is 0 Å². The molecule has 1 aromatic heterocycles. The van der Waals surface area contributed by atoms with Crippen molar-refractivity contribution in [2.45, 2.75) is 31.3 Å². The minimum atomic E-state index is -0.894. The molecular formula is C24H24N2O3. The van der Waals surface area contributed by atoms with Crippen molar-refractivity contribution < 1.29 is 15.3 Å². The Morgan fingerprint density at radius 1 is 0.793 bits per heavy atom. The van der Waals surface area contributed by atoms with Crippen LogP contribution in [-0.2, 0) is 13.2 Å². The second-order valence-corrected chi connectivity index (χ2v) is 7.23. The first-order valence-corrected chi connectivity index (χ1v) is 9.68. The summed E-state index contributed by atoms with van der Waals surface area (Å²) < 4.78 is 1.91. The van der Waals surface area contributed by atoms with Crippen molar-refractivity contribution in [1.82, 2.24) is 9.55 Å². The number of hydrogen-bond donors (Lipinski definition) is 3. The molecule has 0 spiro atoms. The van der Waals surface area contributed by atoms with Gasteiger partial charge in [0.15, 0.2) is 0 Å². The number of fused-ring (bicyclic) bond motifs is 1. The van der Waals surface area contributed by atoms with Gasteiger partial charge in [-0.25, -0.2) is 4.98 Å². The van der Waals surface area contributed by atoms with Crippen molar-refractivity contribution in [3.05, 3.63) is 102 Å². The highest BCUT2D eigenvalue weighted by molar-refractivity contribution is 5.74. The lowest BCUT2D eigenvalue weighted by Gasteiger charge is -2.29. The van der Waals surface area contributed by atoms with Crippen LogP contribution in [0, 0.1) is 0 Å². The van der Waals surface area contributed by atoms with E-state index in [2.05, 4.69) is 4.98 Å². The van der Waals surface area contributed by atoms with E-state index in [0.717, 1.165) is 22.2 Å². The van der Waals surface area contributed by atoms with E-state index in [1.165, 1.54) is 0 Å². The Morgan fingerprint density at radius 3 is 2.21 bits per heavy atom. The van der Waals surface area contributed by atoms with Gasteiger partial charge in [0.05, 0.1) is 42.7 Å². The van der Waals surface area contributed by atoms with Gasteiger partial charge in [0, 0.05) is 5.92 Å². The van der Waals surface area contributed by atoms with E-state index in [9.17, 15) is 15.3 Å². The summed E-state index contributed by atoms with van der Waals surface area (Å²) >= 11 is 0. The predicted octanol–water partition coefficient (Wildman–Crippen LogP) is 3.41. The van der Waals surface area contributed by atoms with Crippen LogP contribution in [0.2, 0.25) is 0 Å². The van der Waals surface area contributed by atoms with Crippen molar-refractivity contribution in [2.24, 2.45) is 0 Å². The van der Waals surface area contributed by atoms with Gasteiger partial charge >= 0.3 is 0 Å². The normalized spacial score (nSPS) is 14.6. The number of imidazole rings is 1. The zero-order valence-electron chi connectivity index (χ0n) is 16.0. The number of hydrogen-bond acceptors (Lipinski definition) is 4. The first kappa shape index (κ1) is 19.3. The maximum Gasteiger partial charge on any atom is 0.0959 e. The fourth-order valence-corrected chi connectivity index (χ4v) is 3.79. The summed E-state index contributed by atoms with van der Waals surface area (Å²) in [5.41, 5.74) is 4.16. The minimum absolute atomic E-state index is 0.0468. The Balaban J connectivity index is 1.66. The summed E-state index contributed by atoms with van der Waals surface area (Å²) in [5.74, 6) is -0.516. The van der Waals surface area contributed by atoms with Crippen LogP contribution >= 0.6 is 0 Å². The van der Waals surface area contributed by atoms with Crippen LogP contribution in [0.3, 0.4) is 0 Å². The molecule has 0 bridgehead atoms. The summed E-state index contributed by atoms with van der Waals surface area (Å²) in [7, 11) is 0. The van der Waals surface area contributed by atoms with Gasteiger partial charge in [-0.15, -0.1) is 0 Å². The molecule has 3 N–H and O–H groups in total. The van der Waals surface area contributed by atoms with Crippen molar-refractivity contribution >= 4 is 11.0 Å². The maximum absolute atomic E-state index is 11.2. The molecule has 0 aliphatic carbocycles. The van der Waals surface area contributed by atoms with Crippen molar-refractivity contribution in [1.29, 1.82) is 0 Å². The second-order valence-electron chi connectivity index (χ2n) is 7.23. The maximum atomic E-state index is 11.2. The molecule has 5 heteroatoms. The lowest BCUT2D eigenvalue weighted by molar-refractivity contribution is 0.0430. The SMILES string of the molecule is OCc1ccc(C(O)C(c2ccccc2)C(O)Cn2cnc3ccccc32)cc1. The summed E-state index contributed by atoms with van der Waals surface area (Å²) in [6.07, 6.45) is -0.00398. The Hall–Kier alpha value is -2.99. The topological polar surface area (TPSA) is 78.5 Å². The first-order valence-electron chi connectivity index (χ1n) is 9.68. The molecule has 3 unspecified atom stereocenters. The van der Waals surface area contributed by atoms with Crippen LogP contribution in [-0.4, -0.2) is 31.0 Å². The summed E-state index contributed by atoms with van der Waals surface area (Å²) in [5, 5.41) is 31.6. The zero-order valence-corrected chi connectivity index (χ0v) is 16.0. The molecule has 0 aliphatic heterocycles. The highest BCUT2D eigenvalue weighted by Crippen LogP contribution is 2.35. The van der Waals surface area contributed by atoms with Gasteiger partial charge < -0.3 is 19.9 Å². The molecule has 29 heavy (non-hydrogen) atoms. The number of rotatable bonds is 7. The van der Waals surface area contributed by atoms with Crippen molar-refractivity contribution in [3.8, 4) is 0 Å². The standard InChI is InChI=1S/C24H24N2O3/c27-15-17-10-12-19(13-11-17)24(29)23(18-6-2-1-3-7-18)22(28)14-26-16-25-20-8-4-5-9-21(20)26/h1-13,16,22-24,27-29H,14-15H2. The Bertz CT molecular complexity index is 1060. The van der Waals surface area contributed by atoms with E-state index in [1.54, 1.807) is 30.6 Å². The van der Waals surface area contributed by atoms with E-state index in [-0.39, 0.29) is 6.61 Å². The van der Waals surface area contributed by atoms with Crippen molar-refractivity contribution in [3.63, 3.8) is 0 Å². The third kappa shape index (κ3) is 4.07. The van der Waals surface area contributed by atoms with Crippen LogP contribution in [0.4, 0.5) is 0 Å². The molecule has 0 fully saturated rings. The van der Waals surface area contributed by atoms with Gasteiger partial charge in [0.25, 0.3) is 0 Å². The number of aliphatic hydroxyl groups excluding tert-OH is 3. The minimum Gasteiger partial charge on any atom is -0.392 e. The van der Waals surface area contributed by atoms with E-state index < -0.39 is 18.1 Å². The molecule has 0 amide bonds. The monoisotopic (exact) mass is 388 g/mol. The van der Waals surface area contributed by atoms with Crippen LogP contribution < -0.4 is 0 Å². The summed E-state index contributed by atoms with van der Waals surface area (Å²) in [4.78, 5) is 4.39. The van der Waals surface area contributed by atoms with Gasteiger partial charge in [-0.1, -0.05) is 66.7 Å². The number of para-hydroxylation sites is 2. The van der Waals surface area contributed by atoms with E-state index >= 15 is 0 Å². The summed E-state index contributed by atoms with van der Waals surface area (Å²) in [6.45, 7) is 0.265. The van der Waals surface area contributed by atoms with Crippen LogP contribution in [0.15, 0.2) is 85.2 Å². The average Bonchev–Trinajstić information content (AvgIpc) is 3.17. The molecule has 0 aliphatic rings. The molecule has 1 heterocycles. The Morgan fingerprint density at radius 2 is 1.48 bits per heavy atom. The number of aromatic nitrogens is 2. The fourth-order valence-electron chi connectivity index (χ4n) is 3.79. The highest BCUT2D eigenvalue weighted by atomic mass is 16.3. The smallest absolute Gasteiger partial charge is 0.0959 e. The zero-order chi connectivity index (χ0) is 20.2. The van der Waals surface area contributed by atoms with E-state index in [1.807, 2.05) is 59.2 Å². The molecule has 3 atom stereocenters. The predicted molar refractivity (Wildman–Crippen MR) is 112 cm³/mol. The molecule has 0 saturated heterocycles. The molecule has 148 valence electrons. The lowest BCUT2D eigenvalue weighted by Crippen LogP contribution is -2.29. The van der Waals surface area contributed by atoms with Crippen LogP contribution in [0.25, 0.3) is 11.0 Å². The quantitative estimate of drug-likeness (QED) is 0.453. The van der Waals surface area contributed by atoms with Gasteiger partial charge in [0.1, 0.15) is 0 Å². The highest BCUT2D eigenvalue weighted by Gasteiger charge is 2.30. The van der Waals surface area contributed by atoms with Gasteiger partial charge in [-0.05, 0) is 28.8 Å². The number of nitrogens with zero attached hydrogens (tertiary/aromatic N) is 2. The average molecular weight is 388 g/mol. The van der Waals surface area contributed by atoms with Crippen molar-refractivity contribution in [2.75, 3.05) is 0 Å². The number of benzene rings is 3. The Labute approximate surface area is 169 Å². The molecule has 0 saturated carbocycles. The molecule has 5 nitrogen and oxygen atoms in total. The first-order chi connectivity index (χ1) is 14.2. The van der Waals surface area contributed by atoms with Gasteiger partial charge in [-0.2, -0.15) is 0 Å². The Kier molecular flexibility index (Phi) is 5.71. The second kappa shape index (κ2) is 8.57. The molecule has 4 rings (SSSR count). The molecule has 0 radical (unpaired) electrons. The largest absolute Gasteiger partial charge is 0.392 e. The van der Waals surface area contributed by atoms with E-state index in [0.29, 0.717) is 12.1 Å². The van der Waals surface area contributed by atoms with Crippen LogP contribution in [0.1, 0.15) is 28.7 Å².